The maximum atomic E-state index is 14.3. The van der Waals surface area contributed by atoms with Crippen molar-refractivity contribution in [2.45, 2.75) is 42.1 Å². The Morgan fingerprint density at radius 1 is 1.04 bits per heavy atom. The molecule has 1 fully saturated rings. The molecule has 2 aromatic heterocycles. The van der Waals surface area contributed by atoms with E-state index in [1.54, 1.807) is 35.7 Å². The number of fused-ring (bicyclic) bond motifs is 7. The zero-order valence-corrected chi connectivity index (χ0v) is 30.1. The van der Waals surface area contributed by atoms with Gasteiger partial charge >= 0.3 is 5.97 Å². The van der Waals surface area contributed by atoms with Crippen molar-refractivity contribution in [2.75, 3.05) is 26.0 Å². The van der Waals surface area contributed by atoms with Crippen molar-refractivity contribution in [3.8, 4) is 5.75 Å². The van der Waals surface area contributed by atoms with Gasteiger partial charge in [0.1, 0.15) is 17.3 Å². The molecule has 4 heterocycles. The standard InChI is InChI=1S/C37H37ClFN5O3S2/c1-42-35-31-10-11-33(38)32(35)19-26-6-4-13-44(26)40-12-15-48-21-25-18-27(43(2)41-25)22-49-28-17-23-16-24(39)8-9-29(23)34(20-28)47-14-5-7-30(31)36(42)37(45)46-3/h8-12,16-20H,4-7,13-15,21-22H2,1-3H3/b26-19+,40-12+. The summed E-state index contributed by atoms with van der Waals surface area (Å²) in [5.74, 6) is 2.25. The van der Waals surface area contributed by atoms with Crippen molar-refractivity contribution in [1.29, 1.82) is 0 Å². The maximum absolute atomic E-state index is 14.3. The quantitative estimate of drug-likeness (QED) is 0.161. The summed E-state index contributed by atoms with van der Waals surface area (Å²) in [5.41, 5.74) is 6.34. The van der Waals surface area contributed by atoms with Gasteiger partial charge in [-0.05, 0) is 85.2 Å². The van der Waals surface area contributed by atoms with Crippen LogP contribution >= 0.6 is 35.1 Å². The molecule has 12 heteroatoms. The Kier molecular flexibility index (Phi) is 9.94. The number of rotatable bonds is 1. The third-order valence-electron chi connectivity index (χ3n) is 9.03. The number of carbonyl (C=O) groups excluding carboxylic acids is 1. The van der Waals surface area contributed by atoms with E-state index in [1.165, 1.54) is 13.2 Å². The van der Waals surface area contributed by atoms with Gasteiger partial charge in [-0.1, -0.05) is 17.7 Å². The predicted molar refractivity (Wildman–Crippen MR) is 198 cm³/mol. The van der Waals surface area contributed by atoms with E-state index in [0.717, 1.165) is 85.7 Å². The molecule has 0 aliphatic carbocycles. The monoisotopic (exact) mass is 717 g/mol. The molecular formula is C37H37ClFN5O3S2. The van der Waals surface area contributed by atoms with Crippen molar-refractivity contribution in [3.05, 3.63) is 93.3 Å². The molecule has 5 aromatic rings. The molecule has 0 unspecified atom stereocenters. The molecule has 0 saturated carbocycles. The summed E-state index contributed by atoms with van der Waals surface area (Å²) < 4.78 is 29.8. The lowest BCUT2D eigenvalue weighted by Crippen LogP contribution is -2.11. The minimum atomic E-state index is -0.399. The third-order valence-corrected chi connectivity index (χ3v) is 11.2. The van der Waals surface area contributed by atoms with Crippen LogP contribution in [0.25, 0.3) is 27.8 Å². The van der Waals surface area contributed by atoms with Crippen LogP contribution in [0.3, 0.4) is 0 Å². The van der Waals surface area contributed by atoms with Gasteiger partial charge < -0.3 is 14.0 Å². The highest BCUT2D eigenvalue weighted by atomic mass is 35.5. The number of allylic oxidation sites excluding steroid dienone is 1. The fourth-order valence-electron chi connectivity index (χ4n) is 6.70. The Balaban J connectivity index is 1.28. The summed E-state index contributed by atoms with van der Waals surface area (Å²) in [4.78, 5) is 14.2. The first-order valence-corrected chi connectivity index (χ1v) is 18.8. The van der Waals surface area contributed by atoms with Crippen LogP contribution in [0, 0.1) is 5.82 Å². The van der Waals surface area contributed by atoms with E-state index in [1.807, 2.05) is 53.8 Å². The lowest BCUT2D eigenvalue weighted by Gasteiger charge is -2.14. The van der Waals surface area contributed by atoms with Gasteiger partial charge in [0.15, 0.2) is 0 Å². The molecule has 0 radical (unpaired) electrons. The molecule has 1 saturated heterocycles. The van der Waals surface area contributed by atoms with Gasteiger partial charge in [0.2, 0.25) is 0 Å². The van der Waals surface area contributed by atoms with Crippen LogP contribution in [0.2, 0.25) is 5.02 Å². The fraction of sp³-hybridized carbons (Fsp3) is 0.324. The van der Waals surface area contributed by atoms with E-state index in [-0.39, 0.29) is 5.82 Å². The average molecular weight is 718 g/mol. The Hall–Kier alpha value is -3.93. The number of aryl methyl sites for hydroxylation is 3. The van der Waals surface area contributed by atoms with Crippen LogP contribution in [0.1, 0.15) is 52.3 Å². The highest BCUT2D eigenvalue weighted by Gasteiger charge is 2.25. The first kappa shape index (κ1) is 33.6. The summed E-state index contributed by atoms with van der Waals surface area (Å²) in [6.45, 7) is 1.23. The van der Waals surface area contributed by atoms with Gasteiger partial charge in [-0.25, -0.2) is 9.18 Å². The predicted octanol–water partition coefficient (Wildman–Crippen LogP) is 8.62. The minimum absolute atomic E-state index is 0.291. The third kappa shape index (κ3) is 6.93. The van der Waals surface area contributed by atoms with E-state index in [9.17, 15) is 9.18 Å². The lowest BCUT2D eigenvalue weighted by atomic mass is 10.0. The summed E-state index contributed by atoms with van der Waals surface area (Å²) >= 11 is 10.3. The van der Waals surface area contributed by atoms with E-state index in [4.69, 9.17) is 31.3 Å². The zero-order valence-electron chi connectivity index (χ0n) is 27.7. The normalized spacial score (nSPS) is 17.7. The average Bonchev–Trinajstić information content (AvgIpc) is 3.76. The van der Waals surface area contributed by atoms with Crippen LogP contribution in [-0.2, 0) is 36.8 Å². The largest absolute Gasteiger partial charge is 0.493 e. The van der Waals surface area contributed by atoms with E-state index in [0.29, 0.717) is 41.7 Å². The lowest BCUT2D eigenvalue weighted by molar-refractivity contribution is 0.0589. The van der Waals surface area contributed by atoms with Gasteiger partial charge in [0.25, 0.3) is 0 Å². The zero-order chi connectivity index (χ0) is 34.1. The molecule has 7 rings (SSSR count). The summed E-state index contributed by atoms with van der Waals surface area (Å²) in [5, 5.41) is 14.8. The highest BCUT2D eigenvalue weighted by molar-refractivity contribution is 7.99. The molecular weight excluding hydrogens is 681 g/mol. The number of hydrazone groups is 1. The molecule has 3 aromatic carbocycles. The number of methoxy groups -OCH3 is 1. The first-order chi connectivity index (χ1) is 23.8. The first-order valence-electron chi connectivity index (χ1n) is 16.3. The van der Waals surface area contributed by atoms with Crippen molar-refractivity contribution in [2.24, 2.45) is 19.2 Å². The van der Waals surface area contributed by atoms with Crippen molar-refractivity contribution >= 4 is 75.1 Å². The fourth-order valence-corrected chi connectivity index (χ4v) is 8.53. The number of benzene rings is 3. The van der Waals surface area contributed by atoms with E-state index in [2.05, 4.69) is 17.2 Å². The molecule has 0 spiro atoms. The second kappa shape index (κ2) is 14.5. The van der Waals surface area contributed by atoms with Crippen molar-refractivity contribution in [1.82, 2.24) is 19.4 Å². The second-order valence-corrected chi connectivity index (χ2v) is 14.7. The van der Waals surface area contributed by atoms with Crippen LogP contribution in [0.4, 0.5) is 4.39 Å². The summed E-state index contributed by atoms with van der Waals surface area (Å²) in [6.07, 6.45) is 7.17. The maximum Gasteiger partial charge on any atom is 0.354 e. The molecule has 2 aliphatic heterocycles. The number of aromatic nitrogens is 3. The number of esters is 1. The number of carbonyl (C=O) groups is 1. The minimum Gasteiger partial charge on any atom is -0.493 e. The SMILES string of the molecule is COC(=O)c1c2c3ccc(Cl)c(c3n1C)/C=C1\CCCN1/N=C/CSCc1cc(n(C)n1)CSc1cc(c3ccc(F)cc3c1)OCCC2. The highest BCUT2D eigenvalue weighted by Crippen LogP contribution is 2.38. The molecule has 254 valence electrons. The number of ether oxygens (including phenoxy) is 2. The van der Waals surface area contributed by atoms with E-state index < -0.39 is 5.97 Å². The molecule has 8 bridgehead atoms. The Morgan fingerprint density at radius 3 is 2.76 bits per heavy atom. The van der Waals surface area contributed by atoms with Gasteiger partial charge in [-0.2, -0.15) is 10.2 Å². The molecule has 8 nitrogen and oxygen atoms in total. The van der Waals surface area contributed by atoms with Crippen LogP contribution in [0.5, 0.6) is 5.75 Å². The van der Waals surface area contributed by atoms with Crippen molar-refractivity contribution < 1.29 is 18.7 Å². The number of nitrogens with zero attached hydrogens (tertiary/aromatic N) is 5. The van der Waals surface area contributed by atoms with Crippen LogP contribution in [0.15, 0.2) is 64.2 Å². The Labute approximate surface area is 298 Å². The molecule has 2 aliphatic rings. The van der Waals surface area contributed by atoms with Crippen molar-refractivity contribution in [3.63, 3.8) is 0 Å². The van der Waals surface area contributed by atoms with Crippen LogP contribution in [-0.4, -0.2) is 57.6 Å². The van der Waals surface area contributed by atoms with Gasteiger partial charge in [-0.3, -0.25) is 9.69 Å². The molecule has 0 atom stereocenters. The van der Waals surface area contributed by atoms with Gasteiger partial charge in [0, 0.05) is 81.8 Å². The summed E-state index contributed by atoms with van der Waals surface area (Å²) in [6, 6.07) is 14.9. The van der Waals surface area contributed by atoms with Gasteiger partial charge in [-0.15, -0.1) is 23.5 Å². The number of hydrogen-bond donors (Lipinski definition) is 0. The van der Waals surface area contributed by atoms with E-state index >= 15 is 0 Å². The molecule has 49 heavy (non-hydrogen) atoms. The number of halogens is 2. The topological polar surface area (TPSA) is 73.9 Å². The smallest absolute Gasteiger partial charge is 0.354 e. The summed E-state index contributed by atoms with van der Waals surface area (Å²) in [7, 11) is 5.26. The Morgan fingerprint density at radius 2 is 1.90 bits per heavy atom. The number of thioether (sulfide) groups is 2. The molecule has 0 N–H and O–H groups in total. The van der Waals surface area contributed by atoms with Gasteiger partial charge in [0.05, 0.1) is 24.9 Å². The molecule has 0 amide bonds. The number of hydrogen-bond acceptors (Lipinski definition) is 8. The second-order valence-electron chi connectivity index (χ2n) is 12.2. The Bertz CT molecular complexity index is 2120. The van der Waals surface area contributed by atoms with Crippen LogP contribution < -0.4 is 4.74 Å².